The van der Waals surface area contributed by atoms with Crippen molar-refractivity contribution < 1.29 is 0 Å². The Bertz CT molecular complexity index is 598. The molecule has 0 aliphatic heterocycles. The van der Waals surface area contributed by atoms with Crippen LogP contribution in [0.1, 0.15) is 23.5 Å². The smallest absolute Gasteiger partial charge is 0.189 e. The Morgan fingerprint density at radius 3 is 2.95 bits per heavy atom. The number of nitrogens with one attached hydrogen (secondary N) is 1. The molecule has 2 aromatic rings. The first-order valence-electron chi connectivity index (χ1n) is 5.96. The quantitative estimate of drug-likeness (QED) is 0.665. The monoisotopic (exact) mass is 328 g/mol. The van der Waals surface area contributed by atoms with Crippen LogP contribution in [0.15, 0.2) is 34.8 Å². The number of guanidine groups is 1. The molecule has 20 heavy (non-hydrogen) atoms. The fourth-order valence-electron chi connectivity index (χ4n) is 1.68. The molecule has 0 amide bonds. The van der Waals surface area contributed by atoms with E-state index >= 15 is 0 Å². The maximum atomic E-state index is 6.15. The Morgan fingerprint density at radius 2 is 2.30 bits per heavy atom. The molecule has 0 saturated carbocycles. The van der Waals surface area contributed by atoms with Gasteiger partial charge in [0.15, 0.2) is 5.96 Å². The van der Waals surface area contributed by atoms with Crippen LogP contribution in [-0.4, -0.2) is 10.9 Å². The topological polar surface area (TPSA) is 63.3 Å². The molecule has 106 valence electrons. The Morgan fingerprint density at radius 1 is 1.50 bits per heavy atom. The highest BCUT2D eigenvalue weighted by Crippen LogP contribution is 2.25. The molecule has 0 aliphatic carbocycles. The second-order valence-electron chi connectivity index (χ2n) is 4.16. The summed E-state index contributed by atoms with van der Waals surface area (Å²) in [5.41, 5.74) is 6.77. The Balaban J connectivity index is 1.99. The lowest BCUT2D eigenvalue weighted by Crippen LogP contribution is -2.33. The second kappa shape index (κ2) is 6.92. The third-order valence-corrected chi connectivity index (χ3v) is 3.99. The second-order valence-corrected chi connectivity index (χ2v) is 5.98. The molecule has 1 heterocycles. The molecule has 7 heteroatoms. The standard InChI is InChI=1S/C13H14Cl2N4S/c1-8(10-3-2-9(14)6-11(10)15)19-13(16)18-7-12-17-4-5-20-12/h2-6,8H,7H2,1H3,(H3,16,18,19)/t8-/m0/s1. The van der Waals surface area contributed by atoms with Crippen molar-refractivity contribution in [2.45, 2.75) is 19.5 Å². The minimum Gasteiger partial charge on any atom is -0.370 e. The van der Waals surface area contributed by atoms with E-state index in [1.165, 1.54) is 0 Å². The molecule has 0 aliphatic rings. The van der Waals surface area contributed by atoms with E-state index in [2.05, 4.69) is 15.3 Å². The first-order valence-corrected chi connectivity index (χ1v) is 7.59. The summed E-state index contributed by atoms with van der Waals surface area (Å²) in [6.45, 7) is 2.43. The lowest BCUT2D eigenvalue weighted by Gasteiger charge is -2.16. The van der Waals surface area contributed by atoms with Crippen LogP contribution in [0.25, 0.3) is 0 Å². The van der Waals surface area contributed by atoms with Gasteiger partial charge in [0.2, 0.25) is 0 Å². The highest BCUT2D eigenvalue weighted by atomic mass is 35.5. The predicted octanol–water partition coefficient (Wildman–Crippen LogP) is 3.62. The maximum Gasteiger partial charge on any atom is 0.189 e. The Hall–Kier alpha value is -1.30. The van der Waals surface area contributed by atoms with Crippen molar-refractivity contribution in [3.63, 3.8) is 0 Å². The molecular weight excluding hydrogens is 315 g/mol. The van der Waals surface area contributed by atoms with Gasteiger partial charge in [-0.1, -0.05) is 29.3 Å². The summed E-state index contributed by atoms with van der Waals surface area (Å²) in [5, 5.41) is 7.14. The zero-order chi connectivity index (χ0) is 14.5. The van der Waals surface area contributed by atoms with Crippen LogP contribution in [0.4, 0.5) is 0 Å². The number of aromatic nitrogens is 1. The summed E-state index contributed by atoms with van der Waals surface area (Å²) in [7, 11) is 0. The van der Waals surface area contributed by atoms with E-state index in [9.17, 15) is 0 Å². The number of hydrogen-bond donors (Lipinski definition) is 2. The van der Waals surface area contributed by atoms with Gasteiger partial charge in [-0.2, -0.15) is 0 Å². The van der Waals surface area contributed by atoms with Gasteiger partial charge >= 0.3 is 0 Å². The number of benzene rings is 1. The predicted molar refractivity (Wildman–Crippen MR) is 85.5 cm³/mol. The fraction of sp³-hybridized carbons (Fsp3) is 0.231. The van der Waals surface area contributed by atoms with Gasteiger partial charge in [0.25, 0.3) is 0 Å². The molecule has 1 aromatic heterocycles. The fourth-order valence-corrected chi connectivity index (χ4v) is 2.79. The third kappa shape index (κ3) is 4.10. The summed E-state index contributed by atoms with van der Waals surface area (Å²) >= 11 is 13.6. The van der Waals surface area contributed by atoms with Crippen LogP contribution in [0, 0.1) is 0 Å². The lowest BCUT2D eigenvalue weighted by molar-refractivity contribution is 0.708. The summed E-state index contributed by atoms with van der Waals surface area (Å²) in [6.07, 6.45) is 1.75. The van der Waals surface area contributed by atoms with Gasteiger partial charge in [-0.25, -0.2) is 9.98 Å². The summed E-state index contributed by atoms with van der Waals surface area (Å²) < 4.78 is 0. The van der Waals surface area contributed by atoms with Gasteiger partial charge in [-0.05, 0) is 24.6 Å². The van der Waals surface area contributed by atoms with Gasteiger partial charge in [0, 0.05) is 21.6 Å². The molecule has 0 spiro atoms. The van der Waals surface area contributed by atoms with E-state index in [-0.39, 0.29) is 6.04 Å². The molecule has 0 unspecified atom stereocenters. The molecular formula is C13H14Cl2N4S. The number of nitrogens with zero attached hydrogens (tertiary/aromatic N) is 2. The van der Waals surface area contributed by atoms with Crippen LogP contribution >= 0.6 is 34.5 Å². The van der Waals surface area contributed by atoms with Gasteiger partial charge in [-0.3, -0.25) is 0 Å². The molecule has 3 N–H and O–H groups in total. The van der Waals surface area contributed by atoms with Crippen molar-refractivity contribution in [2.75, 3.05) is 0 Å². The van der Waals surface area contributed by atoms with Gasteiger partial charge in [0.1, 0.15) is 5.01 Å². The van der Waals surface area contributed by atoms with Crippen LogP contribution in [0.3, 0.4) is 0 Å². The number of hydrogen-bond acceptors (Lipinski definition) is 3. The number of halogens is 2. The number of nitrogens with two attached hydrogens (primary N) is 1. The Kier molecular flexibility index (Phi) is 5.23. The molecule has 2 rings (SSSR count). The van der Waals surface area contributed by atoms with E-state index in [0.29, 0.717) is 22.5 Å². The summed E-state index contributed by atoms with van der Waals surface area (Å²) in [4.78, 5) is 8.38. The molecule has 0 bridgehead atoms. The zero-order valence-electron chi connectivity index (χ0n) is 10.8. The first kappa shape index (κ1) is 15.1. The van der Waals surface area contributed by atoms with E-state index in [1.54, 1.807) is 29.7 Å². The SMILES string of the molecule is C[C@H](NC(N)=NCc1nccs1)c1ccc(Cl)cc1Cl. The molecule has 0 saturated heterocycles. The van der Waals surface area contributed by atoms with Gasteiger partial charge < -0.3 is 11.1 Å². The molecule has 0 fully saturated rings. The van der Waals surface area contributed by atoms with E-state index in [4.69, 9.17) is 28.9 Å². The highest BCUT2D eigenvalue weighted by molar-refractivity contribution is 7.09. The average molecular weight is 329 g/mol. The van der Waals surface area contributed by atoms with Gasteiger partial charge in [-0.15, -0.1) is 11.3 Å². The number of thiazole rings is 1. The number of aliphatic imine (C=N–C) groups is 1. The Labute approximate surface area is 131 Å². The van der Waals surface area contributed by atoms with E-state index in [0.717, 1.165) is 10.6 Å². The first-order chi connectivity index (χ1) is 9.56. The van der Waals surface area contributed by atoms with Gasteiger partial charge in [0.05, 0.1) is 12.6 Å². The highest BCUT2D eigenvalue weighted by Gasteiger charge is 2.10. The van der Waals surface area contributed by atoms with Crippen LogP contribution in [0.2, 0.25) is 10.0 Å². The van der Waals surface area contributed by atoms with Crippen LogP contribution in [0.5, 0.6) is 0 Å². The van der Waals surface area contributed by atoms with Crippen molar-refractivity contribution in [3.05, 3.63) is 50.4 Å². The van der Waals surface area contributed by atoms with Crippen molar-refractivity contribution in [1.29, 1.82) is 0 Å². The zero-order valence-corrected chi connectivity index (χ0v) is 13.1. The van der Waals surface area contributed by atoms with Crippen molar-refractivity contribution in [1.82, 2.24) is 10.3 Å². The molecule has 0 radical (unpaired) electrons. The normalized spacial score (nSPS) is 13.2. The minimum absolute atomic E-state index is 0.0557. The molecule has 1 atom stereocenters. The summed E-state index contributed by atoms with van der Waals surface area (Å²) in [6, 6.07) is 5.32. The average Bonchev–Trinajstić information content (AvgIpc) is 2.89. The third-order valence-electron chi connectivity index (χ3n) is 2.66. The molecule has 1 aromatic carbocycles. The van der Waals surface area contributed by atoms with E-state index in [1.807, 2.05) is 18.4 Å². The van der Waals surface area contributed by atoms with Crippen molar-refractivity contribution in [2.24, 2.45) is 10.7 Å². The summed E-state index contributed by atoms with van der Waals surface area (Å²) in [5.74, 6) is 0.360. The largest absolute Gasteiger partial charge is 0.370 e. The lowest BCUT2D eigenvalue weighted by atomic mass is 10.1. The number of rotatable bonds is 4. The van der Waals surface area contributed by atoms with E-state index < -0.39 is 0 Å². The maximum absolute atomic E-state index is 6.15. The molecule has 4 nitrogen and oxygen atoms in total. The van der Waals surface area contributed by atoms with Crippen molar-refractivity contribution >= 4 is 40.5 Å². The van der Waals surface area contributed by atoms with Crippen LogP contribution in [-0.2, 0) is 6.54 Å². The van der Waals surface area contributed by atoms with Crippen molar-refractivity contribution in [3.8, 4) is 0 Å². The van der Waals surface area contributed by atoms with Crippen LogP contribution < -0.4 is 11.1 Å². The minimum atomic E-state index is -0.0557.